The van der Waals surface area contributed by atoms with Crippen LogP contribution in [0.1, 0.15) is 13.9 Å². The van der Waals surface area contributed by atoms with Gasteiger partial charge >= 0.3 is 185 Å². The molecule has 0 N–H and O–H groups in total. The van der Waals surface area contributed by atoms with Gasteiger partial charge in [0.2, 0.25) is 0 Å². The number of nitrogens with zero attached hydrogens (tertiary/aromatic N) is 1. The zero-order valence-corrected chi connectivity index (χ0v) is 18.6. The Morgan fingerprint density at radius 3 is 2.63 bits per heavy atom. The third kappa shape index (κ3) is 2.59. The second kappa shape index (κ2) is 6.84. The van der Waals surface area contributed by atoms with Crippen LogP contribution in [0, 0.1) is 6.92 Å². The van der Waals surface area contributed by atoms with Crippen LogP contribution in [0.5, 0.6) is 0 Å². The van der Waals surface area contributed by atoms with Gasteiger partial charge in [-0.15, -0.1) is 0 Å². The molecule has 1 aliphatic heterocycles. The van der Waals surface area contributed by atoms with Crippen molar-refractivity contribution >= 4 is 41.4 Å². The number of hydrogen-bond acceptors (Lipinski definition) is 1. The van der Waals surface area contributed by atoms with E-state index in [1.807, 2.05) is 18.2 Å². The number of furan rings is 1. The fourth-order valence-electron chi connectivity index (χ4n) is 4.50. The molecule has 0 fully saturated rings. The molecule has 3 aromatic carbocycles. The normalized spacial score (nSPS) is 15.9. The van der Waals surface area contributed by atoms with Gasteiger partial charge in [0.15, 0.2) is 0 Å². The molecule has 0 spiro atoms. The third-order valence-corrected chi connectivity index (χ3v) is 8.10. The molecule has 0 amide bonds. The van der Waals surface area contributed by atoms with Crippen LogP contribution >= 0.6 is 0 Å². The summed E-state index contributed by atoms with van der Waals surface area (Å²) in [7, 11) is 2.06. The van der Waals surface area contributed by atoms with Gasteiger partial charge in [0.25, 0.3) is 0 Å². The summed E-state index contributed by atoms with van der Waals surface area (Å²) >= 11 is 0.114. The van der Waals surface area contributed by atoms with E-state index < -0.39 is 6.37 Å². The number of para-hydroxylation sites is 1. The minimum atomic E-state index is -1.24. The Hall–Kier alpha value is -2.87. The number of benzene rings is 3. The summed E-state index contributed by atoms with van der Waals surface area (Å²) in [5.74, 6) is 0. The van der Waals surface area contributed by atoms with Crippen LogP contribution in [0.25, 0.3) is 44.3 Å². The van der Waals surface area contributed by atoms with E-state index in [9.17, 15) is 0 Å². The van der Waals surface area contributed by atoms with Crippen molar-refractivity contribution in [3.05, 3.63) is 84.1 Å². The molecule has 6 rings (SSSR count). The second-order valence-corrected chi connectivity index (χ2v) is 9.83. The number of pyridine rings is 1. The fourth-order valence-corrected chi connectivity index (χ4v) is 6.60. The Kier molecular flexibility index (Phi) is 3.62. The Balaban J connectivity index is 1.67. The van der Waals surface area contributed by atoms with Crippen molar-refractivity contribution in [1.29, 1.82) is 0 Å². The molecule has 5 aromatic rings. The minimum absolute atomic E-state index is 0.114. The first kappa shape index (κ1) is 15.9. The van der Waals surface area contributed by atoms with E-state index in [0.717, 1.165) is 49.9 Å². The van der Waals surface area contributed by atoms with E-state index in [4.69, 9.17) is 7.16 Å². The summed E-state index contributed by atoms with van der Waals surface area (Å²) in [5.41, 5.74) is 8.20. The van der Waals surface area contributed by atoms with E-state index in [1.54, 1.807) is 0 Å². The standard InChI is InChI=1S/C27H22NOSe/c1-17-12-13-21-19-8-6-9-20(22-10-5-7-18-14-16-30-27(18)22)25(19)29-26(21)24(17)23-11-3-4-15-28(23)2/h3-13,15H,14,16H2,1-2H3/q+1/i14D2. The average molecular weight is 457 g/mol. The van der Waals surface area contributed by atoms with Crippen molar-refractivity contribution in [2.24, 2.45) is 7.05 Å². The fraction of sp³-hybridized carbons (Fsp3) is 0.148. The van der Waals surface area contributed by atoms with Gasteiger partial charge < -0.3 is 0 Å². The van der Waals surface area contributed by atoms with Crippen molar-refractivity contribution in [3.8, 4) is 22.4 Å². The van der Waals surface area contributed by atoms with Crippen LogP contribution in [0.4, 0.5) is 0 Å². The predicted molar refractivity (Wildman–Crippen MR) is 124 cm³/mol. The number of hydrogen-bond donors (Lipinski definition) is 0. The first-order valence-electron chi connectivity index (χ1n) is 11.1. The van der Waals surface area contributed by atoms with Crippen LogP contribution in [-0.4, -0.2) is 15.0 Å². The van der Waals surface area contributed by atoms with E-state index in [2.05, 4.69) is 73.3 Å². The molecule has 0 radical (unpaired) electrons. The molecule has 0 unspecified atom stereocenters. The van der Waals surface area contributed by atoms with Gasteiger partial charge in [-0.25, -0.2) is 0 Å². The third-order valence-electron chi connectivity index (χ3n) is 5.97. The van der Waals surface area contributed by atoms with Crippen LogP contribution in [0.3, 0.4) is 0 Å². The van der Waals surface area contributed by atoms with Crippen LogP contribution < -0.4 is 9.03 Å². The molecule has 3 heterocycles. The summed E-state index contributed by atoms with van der Waals surface area (Å²) < 4.78 is 26.8. The van der Waals surface area contributed by atoms with Gasteiger partial charge in [-0.2, -0.15) is 0 Å². The van der Waals surface area contributed by atoms with Gasteiger partial charge in [-0.05, 0) is 0 Å². The Morgan fingerprint density at radius 2 is 1.73 bits per heavy atom. The van der Waals surface area contributed by atoms with Gasteiger partial charge in [-0.1, -0.05) is 0 Å². The topological polar surface area (TPSA) is 17.0 Å². The van der Waals surface area contributed by atoms with Crippen LogP contribution in [-0.2, 0) is 13.4 Å². The van der Waals surface area contributed by atoms with E-state index >= 15 is 0 Å². The molecule has 1 aliphatic rings. The first-order chi connectivity index (χ1) is 15.5. The predicted octanol–water partition coefficient (Wildman–Crippen LogP) is 5.36. The molecule has 146 valence electrons. The number of fused-ring (bicyclic) bond motifs is 4. The summed E-state index contributed by atoms with van der Waals surface area (Å²) in [5, 5.41) is 2.80. The Morgan fingerprint density at radius 1 is 0.900 bits per heavy atom. The number of rotatable bonds is 2. The molecule has 0 saturated carbocycles. The van der Waals surface area contributed by atoms with Crippen molar-refractivity contribution < 1.29 is 11.7 Å². The molecule has 0 aliphatic carbocycles. The monoisotopic (exact) mass is 458 g/mol. The molecule has 2 aromatic heterocycles. The average Bonchev–Trinajstić information content (AvgIpc) is 3.31. The van der Waals surface area contributed by atoms with Crippen molar-refractivity contribution in [2.45, 2.75) is 18.6 Å². The van der Waals surface area contributed by atoms with E-state index in [0.29, 0.717) is 5.32 Å². The molecular formula is C27H22NOSe+. The van der Waals surface area contributed by atoms with Gasteiger partial charge in [0.1, 0.15) is 0 Å². The van der Waals surface area contributed by atoms with Crippen molar-refractivity contribution in [1.82, 2.24) is 0 Å². The molecule has 30 heavy (non-hydrogen) atoms. The van der Waals surface area contributed by atoms with E-state index in [1.165, 1.54) is 10.0 Å². The number of aromatic nitrogens is 1. The summed E-state index contributed by atoms with van der Waals surface area (Å²) in [6.45, 7) is 2.13. The molecular weight excluding hydrogens is 433 g/mol. The summed E-state index contributed by atoms with van der Waals surface area (Å²) in [6.07, 6.45) is 0.824. The number of aryl methyl sites for hydroxylation is 3. The molecule has 0 bridgehead atoms. The summed E-state index contributed by atoms with van der Waals surface area (Å²) in [4.78, 5) is 0. The SMILES string of the molecule is [2H]C1([2H])C[Se]c2c(-c3cccc4c3oc3c(-c5cccc[n+]5C)c(C)ccc34)cccc21. The quantitative estimate of drug-likeness (QED) is 0.258. The Labute approximate surface area is 185 Å². The Bertz CT molecular complexity index is 1540. The zero-order valence-electron chi connectivity index (χ0n) is 18.9. The van der Waals surface area contributed by atoms with Gasteiger partial charge in [0, 0.05) is 0 Å². The van der Waals surface area contributed by atoms with Crippen molar-refractivity contribution in [2.75, 3.05) is 0 Å². The maximum absolute atomic E-state index is 8.40. The zero-order chi connectivity index (χ0) is 22.0. The van der Waals surface area contributed by atoms with Gasteiger partial charge in [-0.3, -0.25) is 0 Å². The van der Waals surface area contributed by atoms with Gasteiger partial charge in [0.05, 0.1) is 0 Å². The molecule has 0 atom stereocenters. The summed E-state index contributed by atoms with van der Waals surface area (Å²) in [6, 6.07) is 22.9. The molecule has 2 nitrogen and oxygen atoms in total. The maximum atomic E-state index is 8.40. The van der Waals surface area contributed by atoms with E-state index in [-0.39, 0.29) is 15.0 Å². The second-order valence-electron chi connectivity index (χ2n) is 7.76. The van der Waals surface area contributed by atoms with Crippen LogP contribution in [0.15, 0.2) is 77.3 Å². The first-order valence-corrected chi connectivity index (χ1v) is 12.2. The molecule has 0 saturated heterocycles. The van der Waals surface area contributed by atoms with Crippen molar-refractivity contribution in [3.63, 3.8) is 0 Å². The molecule has 3 heteroatoms. The van der Waals surface area contributed by atoms with Crippen LogP contribution in [0.2, 0.25) is 5.32 Å².